The normalized spacial score (nSPS) is 11.4. The van der Waals surface area contributed by atoms with Crippen molar-refractivity contribution in [1.82, 2.24) is 0 Å². The van der Waals surface area contributed by atoms with Crippen LogP contribution in [0.1, 0.15) is 5.56 Å². The SMILES string of the molecule is COc1ccc(N(C)C(=O)C(Cc2ccccc2)OC(N)=O)cc1. The first kappa shape index (κ1) is 17.3. The molecule has 126 valence electrons. The molecule has 0 saturated carbocycles. The lowest BCUT2D eigenvalue weighted by Crippen LogP contribution is -2.41. The molecule has 0 aliphatic heterocycles. The molecule has 1 atom stereocenters. The van der Waals surface area contributed by atoms with Crippen molar-refractivity contribution in [1.29, 1.82) is 0 Å². The zero-order valence-electron chi connectivity index (χ0n) is 13.6. The number of primary amides is 1. The molecule has 2 amide bonds. The summed E-state index contributed by atoms with van der Waals surface area (Å²) in [6.07, 6.45) is -1.72. The summed E-state index contributed by atoms with van der Waals surface area (Å²) in [4.78, 5) is 25.3. The highest BCUT2D eigenvalue weighted by Crippen LogP contribution is 2.20. The quantitative estimate of drug-likeness (QED) is 0.882. The van der Waals surface area contributed by atoms with E-state index in [0.717, 1.165) is 5.56 Å². The fourth-order valence-electron chi connectivity index (χ4n) is 2.30. The number of anilines is 1. The summed E-state index contributed by atoms with van der Waals surface area (Å²) < 4.78 is 10.1. The Hall–Kier alpha value is -3.02. The Bertz CT molecular complexity index is 686. The van der Waals surface area contributed by atoms with Gasteiger partial charge < -0.3 is 20.1 Å². The van der Waals surface area contributed by atoms with Gasteiger partial charge in [0.2, 0.25) is 0 Å². The zero-order chi connectivity index (χ0) is 17.5. The Morgan fingerprint density at radius 1 is 1.08 bits per heavy atom. The number of likely N-dealkylation sites (N-methyl/N-ethyl adjacent to an activating group) is 1. The van der Waals surface area contributed by atoms with Gasteiger partial charge in [0.1, 0.15) is 5.75 Å². The summed E-state index contributed by atoms with van der Waals surface area (Å²) in [6, 6.07) is 16.3. The lowest BCUT2D eigenvalue weighted by Gasteiger charge is -2.23. The predicted molar refractivity (Wildman–Crippen MR) is 91.0 cm³/mol. The number of nitrogens with two attached hydrogens (primary N) is 1. The molecule has 24 heavy (non-hydrogen) atoms. The van der Waals surface area contributed by atoms with Gasteiger partial charge in [0.05, 0.1) is 7.11 Å². The first-order valence-electron chi connectivity index (χ1n) is 7.43. The summed E-state index contributed by atoms with van der Waals surface area (Å²) >= 11 is 0. The lowest BCUT2D eigenvalue weighted by molar-refractivity contribution is -0.126. The number of carbonyl (C=O) groups is 2. The molecule has 2 aromatic rings. The van der Waals surface area contributed by atoms with Gasteiger partial charge in [-0.3, -0.25) is 4.79 Å². The Labute approximate surface area is 140 Å². The van der Waals surface area contributed by atoms with Crippen LogP contribution in [0.25, 0.3) is 0 Å². The molecule has 2 aromatic carbocycles. The standard InChI is InChI=1S/C18H20N2O4/c1-20(14-8-10-15(23-2)11-9-14)17(21)16(24-18(19)22)12-13-6-4-3-5-7-13/h3-11,16H,12H2,1-2H3,(H2,19,22). The molecule has 0 radical (unpaired) electrons. The molecular weight excluding hydrogens is 308 g/mol. The van der Waals surface area contributed by atoms with E-state index in [4.69, 9.17) is 15.2 Å². The van der Waals surface area contributed by atoms with Crippen molar-refractivity contribution in [2.45, 2.75) is 12.5 Å². The Morgan fingerprint density at radius 3 is 2.25 bits per heavy atom. The van der Waals surface area contributed by atoms with E-state index in [1.165, 1.54) is 4.90 Å². The number of benzene rings is 2. The minimum atomic E-state index is -0.989. The summed E-state index contributed by atoms with van der Waals surface area (Å²) in [5.74, 6) is 0.330. The Balaban J connectivity index is 2.17. The molecule has 0 aliphatic rings. The van der Waals surface area contributed by atoms with Crippen LogP contribution in [-0.4, -0.2) is 32.3 Å². The van der Waals surface area contributed by atoms with Gasteiger partial charge >= 0.3 is 6.09 Å². The molecular formula is C18H20N2O4. The summed E-state index contributed by atoms with van der Waals surface area (Å²) in [7, 11) is 3.19. The van der Waals surface area contributed by atoms with Crippen molar-refractivity contribution in [3.05, 3.63) is 60.2 Å². The molecule has 0 heterocycles. The van der Waals surface area contributed by atoms with Gasteiger partial charge in [0, 0.05) is 19.2 Å². The van der Waals surface area contributed by atoms with E-state index in [-0.39, 0.29) is 12.3 Å². The average Bonchev–Trinajstić information content (AvgIpc) is 2.60. The van der Waals surface area contributed by atoms with Crippen LogP contribution in [0.4, 0.5) is 10.5 Å². The monoisotopic (exact) mass is 328 g/mol. The van der Waals surface area contributed by atoms with Crippen molar-refractivity contribution in [2.24, 2.45) is 5.73 Å². The maximum Gasteiger partial charge on any atom is 0.405 e. The van der Waals surface area contributed by atoms with Crippen LogP contribution < -0.4 is 15.4 Å². The fraction of sp³-hybridized carbons (Fsp3) is 0.222. The minimum absolute atomic E-state index is 0.253. The molecule has 0 saturated heterocycles. The smallest absolute Gasteiger partial charge is 0.405 e. The van der Waals surface area contributed by atoms with Crippen LogP contribution in [-0.2, 0) is 16.0 Å². The van der Waals surface area contributed by atoms with E-state index >= 15 is 0 Å². The molecule has 0 aromatic heterocycles. The molecule has 0 aliphatic carbocycles. The maximum absolute atomic E-state index is 12.7. The second-order valence-corrected chi connectivity index (χ2v) is 5.21. The minimum Gasteiger partial charge on any atom is -0.497 e. The summed E-state index contributed by atoms with van der Waals surface area (Å²) in [6.45, 7) is 0. The molecule has 6 heteroatoms. The fourth-order valence-corrected chi connectivity index (χ4v) is 2.30. The first-order chi connectivity index (χ1) is 11.5. The van der Waals surface area contributed by atoms with Crippen LogP contribution in [0.2, 0.25) is 0 Å². The Kier molecular flexibility index (Phi) is 5.78. The van der Waals surface area contributed by atoms with E-state index in [0.29, 0.717) is 11.4 Å². The molecule has 2 rings (SSSR count). The third-order valence-corrected chi connectivity index (χ3v) is 3.59. The van der Waals surface area contributed by atoms with Gasteiger partial charge in [-0.25, -0.2) is 4.79 Å². The van der Waals surface area contributed by atoms with Gasteiger partial charge in [-0.1, -0.05) is 30.3 Å². The number of nitrogens with zero attached hydrogens (tertiary/aromatic N) is 1. The van der Waals surface area contributed by atoms with E-state index in [1.807, 2.05) is 30.3 Å². The number of carbonyl (C=O) groups excluding carboxylic acids is 2. The largest absolute Gasteiger partial charge is 0.497 e. The van der Waals surface area contributed by atoms with E-state index in [9.17, 15) is 9.59 Å². The van der Waals surface area contributed by atoms with Crippen LogP contribution in [0, 0.1) is 0 Å². The molecule has 0 spiro atoms. The summed E-state index contributed by atoms with van der Waals surface area (Å²) in [5.41, 5.74) is 6.65. The molecule has 2 N–H and O–H groups in total. The van der Waals surface area contributed by atoms with Crippen molar-refractivity contribution < 1.29 is 19.1 Å². The summed E-state index contributed by atoms with van der Waals surface area (Å²) in [5, 5.41) is 0. The second-order valence-electron chi connectivity index (χ2n) is 5.21. The Morgan fingerprint density at radius 2 is 1.71 bits per heavy atom. The number of methoxy groups -OCH3 is 1. The molecule has 0 bridgehead atoms. The lowest BCUT2D eigenvalue weighted by atomic mass is 10.1. The number of rotatable bonds is 6. The van der Waals surface area contributed by atoms with Crippen molar-refractivity contribution in [3.63, 3.8) is 0 Å². The van der Waals surface area contributed by atoms with Gasteiger partial charge in [-0.15, -0.1) is 0 Å². The third-order valence-electron chi connectivity index (χ3n) is 3.59. The number of hydrogen-bond donors (Lipinski definition) is 1. The highest BCUT2D eigenvalue weighted by atomic mass is 16.6. The third kappa shape index (κ3) is 4.49. The topological polar surface area (TPSA) is 81.9 Å². The average molecular weight is 328 g/mol. The van der Waals surface area contributed by atoms with Crippen molar-refractivity contribution in [2.75, 3.05) is 19.1 Å². The molecule has 0 fully saturated rings. The van der Waals surface area contributed by atoms with Crippen LogP contribution in [0.5, 0.6) is 5.75 Å². The van der Waals surface area contributed by atoms with Crippen LogP contribution in [0.15, 0.2) is 54.6 Å². The first-order valence-corrected chi connectivity index (χ1v) is 7.43. The van der Waals surface area contributed by atoms with Gasteiger partial charge in [-0.05, 0) is 29.8 Å². The van der Waals surface area contributed by atoms with Crippen molar-refractivity contribution >= 4 is 17.7 Å². The highest BCUT2D eigenvalue weighted by molar-refractivity contribution is 5.97. The van der Waals surface area contributed by atoms with E-state index in [2.05, 4.69) is 0 Å². The van der Waals surface area contributed by atoms with Gasteiger partial charge in [0.25, 0.3) is 5.91 Å². The van der Waals surface area contributed by atoms with Crippen molar-refractivity contribution in [3.8, 4) is 5.75 Å². The highest BCUT2D eigenvalue weighted by Gasteiger charge is 2.26. The van der Waals surface area contributed by atoms with Crippen LogP contribution in [0.3, 0.4) is 0 Å². The number of hydrogen-bond acceptors (Lipinski definition) is 4. The second kappa shape index (κ2) is 8.01. The number of amides is 2. The predicted octanol–water partition coefficient (Wildman–Crippen LogP) is 2.36. The van der Waals surface area contributed by atoms with E-state index < -0.39 is 12.2 Å². The molecule has 6 nitrogen and oxygen atoms in total. The molecule has 1 unspecified atom stereocenters. The number of ether oxygens (including phenoxy) is 2. The maximum atomic E-state index is 12.7. The van der Waals surface area contributed by atoms with E-state index in [1.54, 1.807) is 38.4 Å². The van der Waals surface area contributed by atoms with Gasteiger partial charge in [-0.2, -0.15) is 0 Å². The zero-order valence-corrected chi connectivity index (χ0v) is 13.6. The van der Waals surface area contributed by atoms with Gasteiger partial charge in [0.15, 0.2) is 6.10 Å². The van der Waals surface area contributed by atoms with Crippen LogP contribution >= 0.6 is 0 Å².